The van der Waals surface area contributed by atoms with E-state index in [0.717, 1.165) is 16.5 Å². The first-order valence-corrected chi connectivity index (χ1v) is 8.40. The van der Waals surface area contributed by atoms with E-state index in [1.807, 2.05) is 30.3 Å². The first-order valence-electron chi connectivity index (χ1n) is 8.40. The molecule has 0 radical (unpaired) electrons. The highest BCUT2D eigenvalue weighted by atomic mass is 16.5. The van der Waals surface area contributed by atoms with E-state index in [2.05, 4.69) is 5.32 Å². The van der Waals surface area contributed by atoms with Crippen LogP contribution in [0.5, 0.6) is 5.75 Å². The van der Waals surface area contributed by atoms with Crippen LogP contribution >= 0.6 is 0 Å². The Morgan fingerprint density at radius 1 is 1.08 bits per heavy atom. The normalized spacial score (nSPS) is 13.8. The molecule has 1 N–H and O–H groups in total. The van der Waals surface area contributed by atoms with Crippen molar-refractivity contribution in [3.8, 4) is 5.75 Å². The minimum atomic E-state index is -0.647. The Labute approximate surface area is 151 Å². The van der Waals surface area contributed by atoms with Crippen LogP contribution in [0.3, 0.4) is 0 Å². The summed E-state index contributed by atoms with van der Waals surface area (Å²) in [5.74, 6) is 0.256. The summed E-state index contributed by atoms with van der Waals surface area (Å²) in [5, 5.41) is 4.76. The summed E-state index contributed by atoms with van der Waals surface area (Å²) in [6.45, 7) is 1.73. The number of nitrogens with zero attached hydrogens (tertiary/aromatic N) is 1. The van der Waals surface area contributed by atoms with Gasteiger partial charge in [0.05, 0.1) is 12.8 Å². The Morgan fingerprint density at radius 3 is 2.58 bits per heavy atom. The summed E-state index contributed by atoms with van der Waals surface area (Å²) in [6.07, 6.45) is 0. The van der Waals surface area contributed by atoms with E-state index in [9.17, 15) is 9.59 Å². The number of amides is 2. The molecular formula is C21H18N2O3. The molecule has 0 fully saturated rings. The topological polar surface area (TPSA) is 58.6 Å². The van der Waals surface area contributed by atoms with E-state index >= 15 is 0 Å². The molecule has 3 aromatic carbocycles. The smallest absolute Gasteiger partial charge is 0.259 e. The van der Waals surface area contributed by atoms with Crippen molar-refractivity contribution in [3.05, 3.63) is 66.2 Å². The monoisotopic (exact) mass is 346 g/mol. The van der Waals surface area contributed by atoms with Gasteiger partial charge in [0.2, 0.25) is 5.91 Å². The second kappa shape index (κ2) is 6.19. The van der Waals surface area contributed by atoms with E-state index < -0.39 is 6.04 Å². The van der Waals surface area contributed by atoms with E-state index in [1.165, 1.54) is 0 Å². The van der Waals surface area contributed by atoms with Gasteiger partial charge in [-0.25, -0.2) is 0 Å². The third-order valence-electron chi connectivity index (χ3n) is 4.70. The van der Waals surface area contributed by atoms with Crippen molar-refractivity contribution in [2.45, 2.75) is 13.0 Å². The van der Waals surface area contributed by atoms with Gasteiger partial charge in [0, 0.05) is 22.7 Å². The van der Waals surface area contributed by atoms with E-state index in [1.54, 1.807) is 49.3 Å². The number of carbonyl (C=O) groups excluding carboxylic acids is 2. The van der Waals surface area contributed by atoms with Gasteiger partial charge in [0.25, 0.3) is 5.91 Å². The van der Waals surface area contributed by atoms with Crippen LogP contribution in [0.2, 0.25) is 0 Å². The minimum Gasteiger partial charge on any atom is -0.497 e. The van der Waals surface area contributed by atoms with Gasteiger partial charge in [-0.3, -0.25) is 14.5 Å². The maximum Gasteiger partial charge on any atom is 0.259 e. The molecule has 26 heavy (non-hydrogen) atoms. The molecule has 0 bridgehead atoms. The van der Waals surface area contributed by atoms with E-state index in [4.69, 9.17) is 4.74 Å². The molecule has 3 aromatic rings. The fourth-order valence-corrected chi connectivity index (χ4v) is 3.39. The van der Waals surface area contributed by atoms with Gasteiger partial charge in [0.1, 0.15) is 11.8 Å². The number of hydrogen-bond acceptors (Lipinski definition) is 3. The molecule has 1 aliphatic heterocycles. The third kappa shape index (κ3) is 2.49. The Morgan fingerprint density at radius 2 is 1.81 bits per heavy atom. The zero-order chi connectivity index (χ0) is 18.3. The first-order chi connectivity index (χ1) is 12.6. The summed E-state index contributed by atoms with van der Waals surface area (Å²) in [5.41, 5.74) is 2.04. The lowest BCUT2D eigenvalue weighted by Crippen LogP contribution is -2.44. The fraction of sp³-hybridized carbons (Fsp3) is 0.143. The van der Waals surface area contributed by atoms with Gasteiger partial charge < -0.3 is 10.1 Å². The molecule has 1 heterocycles. The van der Waals surface area contributed by atoms with Crippen LogP contribution in [-0.2, 0) is 4.79 Å². The molecule has 0 aromatic heterocycles. The highest BCUT2D eigenvalue weighted by Gasteiger charge is 2.35. The van der Waals surface area contributed by atoms with Crippen molar-refractivity contribution in [2.24, 2.45) is 0 Å². The van der Waals surface area contributed by atoms with Crippen molar-refractivity contribution in [1.82, 2.24) is 0 Å². The Hall–Kier alpha value is -3.34. The van der Waals surface area contributed by atoms with Gasteiger partial charge in [-0.1, -0.05) is 30.3 Å². The number of rotatable bonds is 4. The summed E-state index contributed by atoms with van der Waals surface area (Å²) in [7, 11) is 1.57. The van der Waals surface area contributed by atoms with Gasteiger partial charge in [-0.05, 0) is 36.6 Å². The van der Waals surface area contributed by atoms with Gasteiger partial charge in [-0.2, -0.15) is 0 Å². The predicted octanol–water partition coefficient (Wildman–Crippen LogP) is 3.84. The number of methoxy groups -OCH3 is 1. The molecule has 4 rings (SSSR count). The highest BCUT2D eigenvalue weighted by Crippen LogP contribution is 2.38. The van der Waals surface area contributed by atoms with Crippen LogP contribution in [0.4, 0.5) is 11.4 Å². The summed E-state index contributed by atoms with van der Waals surface area (Å²) >= 11 is 0. The average molecular weight is 346 g/mol. The van der Waals surface area contributed by atoms with Crippen LogP contribution in [0.1, 0.15) is 17.3 Å². The molecular weight excluding hydrogens is 328 g/mol. The molecule has 130 valence electrons. The summed E-state index contributed by atoms with van der Waals surface area (Å²) in [4.78, 5) is 27.2. The lowest BCUT2D eigenvalue weighted by molar-refractivity contribution is -0.117. The van der Waals surface area contributed by atoms with Crippen LogP contribution in [0.25, 0.3) is 10.8 Å². The maximum absolute atomic E-state index is 12.9. The van der Waals surface area contributed by atoms with Crippen molar-refractivity contribution in [2.75, 3.05) is 17.3 Å². The summed E-state index contributed by atoms with van der Waals surface area (Å²) < 4.78 is 5.18. The van der Waals surface area contributed by atoms with Gasteiger partial charge in [0.15, 0.2) is 0 Å². The molecule has 0 spiro atoms. The van der Waals surface area contributed by atoms with E-state index in [0.29, 0.717) is 17.0 Å². The number of benzene rings is 3. The second-order valence-corrected chi connectivity index (χ2v) is 6.25. The van der Waals surface area contributed by atoms with Crippen molar-refractivity contribution in [3.63, 3.8) is 0 Å². The van der Waals surface area contributed by atoms with Crippen LogP contribution in [-0.4, -0.2) is 25.0 Å². The molecule has 1 atom stereocenters. The molecule has 5 heteroatoms. The third-order valence-corrected chi connectivity index (χ3v) is 4.70. The lowest BCUT2D eigenvalue weighted by atomic mass is 10.1. The van der Waals surface area contributed by atoms with Crippen molar-refractivity contribution in [1.29, 1.82) is 0 Å². The predicted molar refractivity (Wildman–Crippen MR) is 102 cm³/mol. The largest absolute Gasteiger partial charge is 0.497 e. The molecule has 0 unspecified atom stereocenters. The van der Waals surface area contributed by atoms with E-state index in [-0.39, 0.29) is 11.8 Å². The number of hydrogen-bond donors (Lipinski definition) is 1. The quantitative estimate of drug-likeness (QED) is 0.781. The Bertz CT molecular complexity index is 1020. The first kappa shape index (κ1) is 16.1. The zero-order valence-electron chi connectivity index (χ0n) is 14.5. The van der Waals surface area contributed by atoms with Crippen LogP contribution < -0.4 is 15.0 Å². The molecule has 1 aliphatic rings. The van der Waals surface area contributed by atoms with Crippen molar-refractivity contribution < 1.29 is 14.3 Å². The molecule has 2 amide bonds. The SMILES string of the molecule is COc1cccc(NC(=O)[C@@H](C)N2C(=O)c3cccc4cccc2c34)c1. The molecule has 0 saturated heterocycles. The average Bonchev–Trinajstić information content (AvgIpc) is 2.95. The minimum absolute atomic E-state index is 0.148. The maximum atomic E-state index is 12.9. The number of ether oxygens (including phenoxy) is 1. The van der Waals surface area contributed by atoms with Gasteiger partial charge >= 0.3 is 0 Å². The molecule has 0 aliphatic carbocycles. The number of carbonyl (C=O) groups is 2. The Balaban J connectivity index is 1.64. The highest BCUT2D eigenvalue weighted by molar-refractivity contribution is 6.26. The summed E-state index contributed by atoms with van der Waals surface area (Å²) in [6, 6.07) is 17.9. The molecule has 5 nitrogen and oxygen atoms in total. The van der Waals surface area contributed by atoms with Crippen molar-refractivity contribution >= 4 is 34.0 Å². The standard InChI is InChI=1S/C21H18N2O3/c1-13(20(24)22-15-8-5-9-16(12-15)26-2)23-18-11-4-7-14-6-3-10-17(19(14)18)21(23)25/h3-13H,1-2H3,(H,22,24)/t13-/m1/s1. The lowest BCUT2D eigenvalue weighted by Gasteiger charge is -2.24. The fourth-order valence-electron chi connectivity index (χ4n) is 3.39. The second-order valence-electron chi connectivity index (χ2n) is 6.25. The van der Waals surface area contributed by atoms with Crippen LogP contribution in [0, 0.1) is 0 Å². The van der Waals surface area contributed by atoms with Crippen LogP contribution in [0.15, 0.2) is 60.7 Å². The molecule has 0 saturated carbocycles. The zero-order valence-corrected chi connectivity index (χ0v) is 14.5. The number of anilines is 2. The Kier molecular flexibility index (Phi) is 3.84. The van der Waals surface area contributed by atoms with Gasteiger partial charge in [-0.15, -0.1) is 0 Å². The number of nitrogens with one attached hydrogen (secondary N) is 1.